The summed E-state index contributed by atoms with van der Waals surface area (Å²) in [7, 11) is 0. The molecule has 0 radical (unpaired) electrons. The van der Waals surface area contributed by atoms with Crippen LogP contribution < -0.4 is 10.6 Å². The monoisotopic (exact) mass is 328 g/mol. The highest BCUT2D eigenvalue weighted by molar-refractivity contribution is 5.82. The van der Waals surface area contributed by atoms with Gasteiger partial charge >= 0.3 is 12.1 Å². The fourth-order valence-electron chi connectivity index (χ4n) is 2.99. The number of piperidine rings is 1. The maximum Gasteiger partial charge on any atom is 0.471 e. The van der Waals surface area contributed by atoms with Crippen LogP contribution in [0.25, 0.3) is 0 Å². The van der Waals surface area contributed by atoms with Crippen LogP contribution in [0.5, 0.6) is 0 Å². The Morgan fingerprint density at radius 1 is 1.26 bits per heavy atom. The van der Waals surface area contributed by atoms with Gasteiger partial charge in [0.15, 0.2) is 0 Å². The van der Waals surface area contributed by atoms with Crippen LogP contribution in [0.3, 0.4) is 0 Å². The van der Waals surface area contributed by atoms with Gasteiger partial charge in [-0.3, -0.25) is 4.79 Å². The second-order valence-corrected chi connectivity index (χ2v) is 6.53. The van der Waals surface area contributed by atoms with E-state index in [1.54, 1.807) is 0 Å². The van der Waals surface area contributed by atoms with E-state index in [2.05, 4.69) is 36.6 Å². The molecule has 0 spiro atoms. The molecule has 1 amide bonds. The first kappa shape index (κ1) is 17.8. The first-order valence-electron chi connectivity index (χ1n) is 7.89. The van der Waals surface area contributed by atoms with Gasteiger partial charge in [-0.1, -0.05) is 38.1 Å². The van der Waals surface area contributed by atoms with Crippen LogP contribution in [0.15, 0.2) is 24.3 Å². The van der Waals surface area contributed by atoms with Crippen molar-refractivity contribution >= 4 is 5.91 Å². The minimum absolute atomic E-state index is 0.0727. The van der Waals surface area contributed by atoms with Gasteiger partial charge in [-0.25, -0.2) is 0 Å². The average molecular weight is 328 g/mol. The van der Waals surface area contributed by atoms with Gasteiger partial charge in [0.2, 0.25) is 0 Å². The Morgan fingerprint density at radius 3 is 2.39 bits per heavy atom. The summed E-state index contributed by atoms with van der Waals surface area (Å²) in [6, 6.07) is 7.82. The number of hydrogen-bond acceptors (Lipinski definition) is 2. The summed E-state index contributed by atoms with van der Waals surface area (Å²) in [5, 5.41) is 5.28. The zero-order valence-electron chi connectivity index (χ0n) is 13.6. The number of amides is 1. The molecule has 1 heterocycles. The average Bonchev–Trinajstić information content (AvgIpc) is 2.48. The number of carbonyl (C=O) groups excluding carboxylic acids is 1. The van der Waals surface area contributed by atoms with Crippen molar-refractivity contribution in [2.24, 2.45) is 0 Å². The van der Waals surface area contributed by atoms with Crippen LogP contribution in [0.1, 0.15) is 50.2 Å². The molecule has 1 aliphatic heterocycles. The van der Waals surface area contributed by atoms with Crippen LogP contribution in [0, 0.1) is 0 Å². The molecule has 0 saturated carbocycles. The van der Waals surface area contributed by atoms with Crippen LogP contribution in [0.2, 0.25) is 0 Å². The lowest BCUT2D eigenvalue weighted by atomic mass is 9.83. The first-order chi connectivity index (χ1) is 10.7. The Labute approximate surface area is 134 Å². The van der Waals surface area contributed by atoms with Gasteiger partial charge < -0.3 is 10.6 Å². The molecule has 1 saturated heterocycles. The molecule has 1 aliphatic rings. The van der Waals surface area contributed by atoms with E-state index >= 15 is 0 Å². The molecule has 2 N–H and O–H groups in total. The molecule has 6 heteroatoms. The third-order valence-electron chi connectivity index (χ3n) is 4.45. The highest BCUT2D eigenvalue weighted by atomic mass is 19.4. The highest BCUT2D eigenvalue weighted by Crippen LogP contribution is 2.29. The number of carbonyl (C=O) groups is 1. The largest absolute Gasteiger partial charge is 0.471 e. The normalized spacial score (nSPS) is 25.4. The van der Waals surface area contributed by atoms with Gasteiger partial charge in [-0.05, 0) is 30.4 Å². The molecule has 2 rings (SSSR count). The van der Waals surface area contributed by atoms with Crippen molar-refractivity contribution in [1.82, 2.24) is 10.6 Å². The van der Waals surface area contributed by atoms with E-state index in [0.717, 1.165) is 5.56 Å². The molecule has 1 fully saturated rings. The predicted octanol–water partition coefficient (Wildman–Crippen LogP) is 3.32. The van der Waals surface area contributed by atoms with E-state index in [4.69, 9.17) is 0 Å². The molecule has 1 aromatic carbocycles. The summed E-state index contributed by atoms with van der Waals surface area (Å²) in [6.45, 7) is 6.59. The Hall–Kier alpha value is -1.56. The van der Waals surface area contributed by atoms with E-state index in [-0.39, 0.29) is 12.0 Å². The SMILES string of the molecule is CC(C)c1ccc(C2CC(NC(=O)C(F)(F)F)CNC2C)cc1. The fraction of sp³-hybridized carbons (Fsp3) is 0.588. The van der Waals surface area contributed by atoms with Crippen LogP contribution in [0.4, 0.5) is 13.2 Å². The summed E-state index contributed by atoms with van der Waals surface area (Å²) in [4.78, 5) is 11.1. The number of alkyl halides is 3. The van der Waals surface area contributed by atoms with Crippen LogP contribution in [-0.4, -0.2) is 30.7 Å². The van der Waals surface area contributed by atoms with Crippen molar-refractivity contribution < 1.29 is 18.0 Å². The van der Waals surface area contributed by atoms with Gasteiger partial charge in [-0.2, -0.15) is 13.2 Å². The first-order valence-corrected chi connectivity index (χ1v) is 7.89. The minimum Gasteiger partial charge on any atom is -0.344 e. The highest BCUT2D eigenvalue weighted by Gasteiger charge is 2.41. The second-order valence-electron chi connectivity index (χ2n) is 6.53. The minimum atomic E-state index is -4.84. The number of benzene rings is 1. The Morgan fingerprint density at radius 2 is 1.87 bits per heavy atom. The van der Waals surface area contributed by atoms with Crippen molar-refractivity contribution in [3.8, 4) is 0 Å². The standard InChI is InChI=1S/C17H23F3N2O/c1-10(2)12-4-6-13(7-5-12)15-8-14(9-21-11(15)3)22-16(23)17(18,19)20/h4-7,10-11,14-15,21H,8-9H2,1-3H3,(H,22,23). The van der Waals surface area contributed by atoms with Gasteiger partial charge in [0, 0.05) is 24.5 Å². The molecule has 128 valence electrons. The Bertz CT molecular complexity index is 540. The van der Waals surface area contributed by atoms with Gasteiger partial charge in [0.25, 0.3) is 0 Å². The zero-order chi connectivity index (χ0) is 17.2. The molecule has 3 atom stereocenters. The zero-order valence-corrected chi connectivity index (χ0v) is 13.6. The van der Waals surface area contributed by atoms with E-state index in [1.165, 1.54) is 5.56 Å². The molecule has 0 aliphatic carbocycles. The third kappa shape index (κ3) is 4.47. The van der Waals surface area contributed by atoms with Gasteiger partial charge in [-0.15, -0.1) is 0 Å². The smallest absolute Gasteiger partial charge is 0.344 e. The quantitative estimate of drug-likeness (QED) is 0.894. The molecular weight excluding hydrogens is 305 g/mol. The summed E-state index contributed by atoms with van der Waals surface area (Å²) < 4.78 is 37.2. The predicted molar refractivity (Wildman–Crippen MR) is 83.3 cm³/mol. The topological polar surface area (TPSA) is 41.1 Å². The third-order valence-corrected chi connectivity index (χ3v) is 4.45. The van der Waals surface area contributed by atoms with Crippen molar-refractivity contribution in [3.05, 3.63) is 35.4 Å². The van der Waals surface area contributed by atoms with E-state index in [1.807, 2.05) is 19.1 Å². The van der Waals surface area contributed by atoms with E-state index in [0.29, 0.717) is 18.9 Å². The summed E-state index contributed by atoms with van der Waals surface area (Å²) in [5.41, 5.74) is 2.31. The van der Waals surface area contributed by atoms with Gasteiger partial charge in [0.05, 0.1) is 0 Å². The van der Waals surface area contributed by atoms with Crippen molar-refractivity contribution in [2.75, 3.05) is 6.54 Å². The summed E-state index contributed by atoms with van der Waals surface area (Å²) in [6.07, 6.45) is -4.34. The van der Waals surface area contributed by atoms with Gasteiger partial charge in [0.1, 0.15) is 0 Å². The summed E-state index contributed by atoms with van der Waals surface area (Å²) >= 11 is 0. The molecule has 3 nitrogen and oxygen atoms in total. The lowest BCUT2D eigenvalue weighted by molar-refractivity contribution is -0.174. The number of nitrogens with one attached hydrogen (secondary N) is 2. The molecule has 0 aromatic heterocycles. The van der Waals surface area contributed by atoms with Crippen LogP contribution >= 0.6 is 0 Å². The number of hydrogen-bond donors (Lipinski definition) is 2. The van der Waals surface area contributed by atoms with E-state index in [9.17, 15) is 18.0 Å². The van der Waals surface area contributed by atoms with Crippen molar-refractivity contribution in [2.45, 2.75) is 57.3 Å². The number of rotatable bonds is 3. The lowest BCUT2D eigenvalue weighted by Crippen LogP contribution is -2.54. The van der Waals surface area contributed by atoms with Crippen LogP contribution in [-0.2, 0) is 4.79 Å². The maximum atomic E-state index is 12.4. The Kier molecular flexibility index (Phi) is 5.34. The van der Waals surface area contributed by atoms with Crippen molar-refractivity contribution in [3.63, 3.8) is 0 Å². The lowest BCUT2D eigenvalue weighted by Gasteiger charge is -2.36. The second kappa shape index (κ2) is 6.91. The number of halogens is 3. The maximum absolute atomic E-state index is 12.4. The molecule has 1 aromatic rings. The fourth-order valence-corrected chi connectivity index (χ4v) is 2.99. The van der Waals surface area contributed by atoms with Crippen molar-refractivity contribution in [1.29, 1.82) is 0 Å². The molecule has 0 bridgehead atoms. The molecular formula is C17H23F3N2O. The molecule has 23 heavy (non-hydrogen) atoms. The molecule has 3 unspecified atom stereocenters. The Balaban J connectivity index is 2.07. The van der Waals surface area contributed by atoms with E-state index < -0.39 is 18.1 Å². The summed E-state index contributed by atoms with van der Waals surface area (Å²) in [5.74, 6) is -1.36.